The minimum Gasteiger partial charge on any atom is -0.508 e. The van der Waals surface area contributed by atoms with Crippen molar-refractivity contribution in [2.45, 2.75) is 19.3 Å². The van der Waals surface area contributed by atoms with E-state index in [1.807, 2.05) is 0 Å². The Morgan fingerprint density at radius 3 is 2.38 bits per heavy atom. The summed E-state index contributed by atoms with van der Waals surface area (Å²) < 4.78 is 0. The first-order valence-electron chi connectivity index (χ1n) is 4.87. The average Bonchev–Trinajstić information content (AvgIpc) is 2.15. The predicted octanol–water partition coefficient (Wildman–Crippen LogP) is 1.63. The maximum absolute atomic E-state index is 9.84. The molecule has 16 heavy (non-hydrogen) atoms. The molecule has 88 valence electrons. The molecule has 0 atom stereocenters. The molecule has 0 aliphatic carbocycles. The zero-order valence-electron chi connectivity index (χ0n) is 8.63. The van der Waals surface area contributed by atoms with Gasteiger partial charge in [-0.05, 0) is 37.0 Å². The number of aryl methyl sites for hydroxylation is 1. The zero-order chi connectivity index (χ0) is 12.0. The molecule has 0 amide bonds. The van der Waals surface area contributed by atoms with Crippen LogP contribution in [-0.4, -0.2) is 21.9 Å². The number of rotatable bonds is 6. The van der Waals surface area contributed by atoms with Gasteiger partial charge in [0.2, 0.25) is 0 Å². The molecule has 0 fully saturated rings. The van der Waals surface area contributed by atoms with Crippen LogP contribution in [0.15, 0.2) is 18.2 Å². The van der Waals surface area contributed by atoms with Crippen LogP contribution in [0.4, 0.5) is 0 Å². The van der Waals surface area contributed by atoms with Gasteiger partial charge in [0.05, 0.1) is 6.61 Å². The summed E-state index contributed by atoms with van der Waals surface area (Å²) in [5.41, 5.74) is 0.790. The van der Waals surface area contributed by atoms with Crippen molar-refractivity contribution in [2.75, 3.05) is 6.61 Å². The zero-order valence-corrected chi connectivity index (χ0v) is 8.63. The molecule has 2 N–H and O–H groups in total. The number of phenols is 2. The number of aromatic hydroxyl groups is 2. The molecule has 0 radical (unpaired) electrons. The molecule has 0 spiro atoms. The molecule has 0 saturated carbocycles. The van der Waals surface area contributed by atoms with Crippen LogP contribution in [0.5, 0.6) is 11.5 Å². The first kappa shape index (κ1) is 12.1. The molecule has 6 nitrogen and oxygen atoms in total. The number of phenolic OH excluding ortho intramolecular Hbond substituents is 2. The van der Waals surface area contributed by atoms with Crippen molar-refractivity contribution in [1.82, 2.24) is 0 Å². The van der Waals surface area contributed by atoms with Crippen LogP contribution in [0.2, 0.25) is 0 Å². The third-order valence-corrected chi connectivity index (χ3v) is 2.02. The van der Waals surface area contributed by atoms with Gasteiger partial charge in [-0.1, -0.05) is 0 Å². The van der Waals surface area contributed by atoms with E-state index in [2.05, 4.69) is 4.84 Å². The molecule has 0 aromatic heterocycles. The van der Waals surface area contributed by atoms with Crippen LogP contribution in [0.25, 0.3) is 0 Å². The Morgan fingerprint density at radius 1 is 1.19 bits per heavy atom. The van der Waals surface area contributed by atoms with Crippen molar-refractivity contribution >= 4 is 0 Å². The number of hydrogen-bond acceptors (Lipinski definition) is 5. The van der Waals surface area contributed by atoms with Crippen LogP contribution in [-0.2, 0) is 11.3 Å². The summed E-state index contributed by atoms with van der Waals surface area (Å²) in [7, 11) is 0. The summed E-state index contributed by atoms with van der Waals surface area (Å²) in [5, 5.41) is 27.4. The molecule has 0 aliphatic heterocycles. The van der Waals surface area contributed by atoms with E-state index in [-0.39, 0.29) is 18.1 Å². The van der Waals surface area contributed by atoms with Gasteiger partial charge in [0.25, 0.3) is 5.09 Å². The summed E-state index contributed by atoms with van der Waals surface area (Å²) in [6.45, 7) is 0.0673. The van der Waals surface area contributed by atoms with E-state index in [0.29, 0.717) is 19.3 Å². The second-order valence-electron chi connectivity index (χ2n) is 3.37. The average molecular weight is 227 g/mol. The molecule has 1 aromatic carbocycles. The van der Waals surface area contributed by atoms with E-state index in [0.717, 1.165) is 5.56 Å². The lowest BCUT2D eigenvalue weighted by atomic mass is 10.1. The molecule has 0 bridgehead atoms. The summed E-state index contributed by atoms with van der Waals surface area (Å²) >= 11 is 0. The lowest BCUT2D eigenvalue weighted by Crippen LogP contribution is -2.02. The van der Waals surface area contributed by atoms with Gasteiger partial charge in [0.15, 0.2) is 0 Å². The summed E-state index contributed by atoms with van der Waals surface area (Å²) in [4.78, 5) is 14.0. The van der Waals surface area contributed by atoms with Gasteiger partial charge >= 0.3 is 0 Å². The van der Waals surface area contributed by atoms with Crippen molar-refractivity contribution < 1.29 is 20.1 Å². The lowest BCUT2D eigenvalue weighted by molar-refractivity contribution is -0.757. The van der Waals surface area contributed by atoms with E-state index in [9.17, 15) is 20.3 Å². The fourth-order valence-electron chi connectivity index (χ4n) is 1.37. The monoisotopic (exact) mass is 227 g/mol. The highest BCUT2D eigenvalue weighted by Gasteiger charge is 2.00. The van der Waals surface area contributed by atoms with Gasteiger partial charge in [-0.3, -0.25) is 0 Å². The summed E-state index contributed by atoms with van der Waals surface area (Å²) in [6.07, 6.45) is 1.87. The molecule has 0 unspecified atom stereocenters. The van der Waals surface area contributed by atoms with Crippen molar-refractivity contribution in [3.05, 3.63) is 33.9 Å². The first-order valence-corrected chi connectivity index (χ1v) is 4.87. The Hall–Kier alpha value is -1.98. The molecular formula is C10H13NO5. The van der Waals surface area contributed by atoms with Crippen molar-refractivity contribution in [2.24, 2.45) is 0 Å². The van der Waals surface area contributed by atoms with Crippen LogP contribution >= 0.6 is 0 Å². The molecule has 6 heteroatoms. The third kappa shape index (κ3) is 4.50. The van der Waals surface area contributed by atoms with Crippen LogP contribution in [0.3, 0.4) is 0 Å². The maximum atomic E-state index is 9.84. The normalized spacial score (nSPS) is 10.0. The van der Waals surface area contributed by atoms with E-state index in [1.165, 1.54) is 6.07 Å². The quantitative estimate of drug-likeness (QED) is 0.437. The second-order valence-corrected chi connectivity index (χ2v) is 3.37. The fraction of sp³-hybridized carbons (Fsp3) is 0.400. The second kappa shape index (κ2) is 5.79. The standard InChI is InChI=1S/C10H13NO5/c12-9-5-8(6-10(13)7-9)3-1-2-4-16-11(14)15/h5-7,12-13H,1-4H2. The Balaban J connectivity index is 2.29. The maximum Gasteiger partial charge on any atom is 0.294 e. The Bertz CT molecular complexity index is 346. The van der Waals surface area contributed by atoms with Crippen molar-refractivity contribution in [3.8, 4) is 11.5 Å². The van der Waals surface area contributed by atoms with Crippen LogP contribution in [0.1, 0.15) is 18.4 Å². The van der Waals surface area contributed by atoms with E-state index in [1.54, 1.807) is 12.1 Å². The van der Waals surface area contributed by atoms with Crippen LogP contribution < -0.4 is 0 Å². The predicted molar refractivity (Wildman–Crippen MR) is 55.7 cm³/mol. The van der Waals surface area contributed by atoms with E-state index < -0.39 is 5.09 Å². The molecule has 0 aliphatic rings. The van der Waals surface area contributed by atoms with Gasteiger partial charge in [-0.25, -0.2) is 0 Å². The van der Waals surface area contributed by atoms with Gasteiger partial charge in [-0.2, -0.15) is 0 Å². The number of benzene rings is 1. The third-order valence-electron chi connectivity index (χ3n) is 2.02. The highest BCUT2D eigenvalue weighted by Crippen LogP contribution is 2.21. The summed E-state index contributed by atoms with van der Waals surface area (Å²) in [6, 6.07) is 4.35. The van der Waals surface area contributed by atoms with E-state index >= 15 is 0 Å². The van der Waals surface area contributed by atoms with E-state index in [4.69, 9.17) is 0 Å². The molecule has 0 saturated heterocycles. The molecular weight excluding hydrogens is 214 g/mol. The van der Waals surface area contributed by atoms with Gasteiger partial charge in [0.1, 0.15) is 11.5 Å². The SMILES string of the molecule is O=[N+]([O-])OCCCCc1cc(O)cc(O)c1. The Morgan fingerprint density at radius 2 is 1.81 bits per heavy atom. The lowest BCUT2D eigenvalue weighted by Gasteiger charge is -2.03. The highest BCUT2D eigenvalue weighted by molar-refractivity contribution is 5.36. The fourth-order valence-corrected chi connectivity index (χ4v) is 1.37. The topological polar surface area (TPSA) is 92.8 Å². The van der Waals surface area contributed by atoms with Gasteiger partial charge in [0, 0.05) is 6.07 Å². The smallest absolute Gasteiger partial charge is 0.294 e. The first-order chi connectivity index (χ1) is 7.58. The summed E-state index contributed by atoms with van der Waals surface area (Å²) in [5.74, 6) is 0.0214. The van der Waals surface area contributed by atoms with Crippen LogP contribution in [0, 0.1) is 10.1 Å². The van der Waals surface area contributed by atoms with Crippen molar-refractivity contribution in [1.29, 1.82) is 0 Å². The van der Waals surface area contributed by atoms with Gasteiger partial charge in [-0.15, -0.1) is 10.1 Å². The molecule has 0 heterocycles. The Labute approximate surface area is 92.2 Å². The van der Waals surface area contributed by atoms with Crippen molar-refractivity contribution in [3.63, 3.8) is 0 Å². The van der Waals surface area contributed by atoms with Gasteiger partial charge < -0.3 is 15.1 Å². The highest BCUT2D eigenvalue weighted by atomic mass is 16.9. The molecule has 1 rings (SSSR count). The molecule has 1 aromatic rings. The minimum absolute atomic E-state index is 0.0107. The number of unbranched alkanes of at least 4 members (excludes halogenated alkanes) is 1. The Kier molecular flexibility index (Phi) is 4.38. The minimum atomic E-state index is -0.819. The number of nitrogens with zero attached hydrogens (tertiary/aromatic N) is 1. The number of hydrogen-bond donors (Lipinski definition) is 2. The largest absolute Gasteiger partial charge is 0.508 e.